The molecule has 0 radical (unpaired) electrons. The van der Waals surface area contributed by atoms with Crippen molar-refractivity contribution >= 4 is 0 Å². The summed E-state index contributed by atoms with van der Waals surface area (Å²) in [6.07, 6.45) is 0. The Labute approximate surface area is 111 Å². The van der Waals surface area contributed by atoms with E-state index in [2.05, 4.69) is 53.4 Å². The highest BCUT2D eigenvalue weighted by Crippen LogP contribution is 2.10. The zero-order valence-electron chi connectivity index (χ0n) is 11.7. The molecule has 0 amide bonds. The molecule has 100 valence electrons. The zero-order valence-corrected chi connectivity index (χ0v) is 11.7. The lowest BCUT2D eigenvalue weighted by Gasteiger charge is -2.32. The second kappa shape index (κ2) is 6.88. The van der Waals surface area contributed by atoms with E-state index >= 15 is 0 Å². The molecule has 1 aromatic carbocycles. The number of likely N-dealkylation sites (N-methyl/N-ethyl adjacent to an activating group) is 1. The average Bonchev–Trinajstić information content (AvgIpc) is 2.40. The Balaban J connectivity index is 1.88. The van der Waals surface area contributed by atoms with Gasteiger partial charge in [0.1, 0.15) is 0 Å². The van der Waals surface area contributed by atoms with Crippen molar-refractivity contribution < 1.29 is 0 Å². The number of hydrogen-bond donors (Lipinski definition) is 1. The van der Waals surface area contributed by atoms with Crippen LogP contribution in [0.5, 0.6) is 0 Å². The predicted octanol–water partition coefficient (Wildman–Crippen LogP) is 1.54. The third kappa shape index (κ3) is 4.09. The molecule has 0 spiro atoms. The summed E-state index contributed by atoms with van der Waals surface area (Å²) >= 11 is 0. The topological polar surface area (TPSA) is 18.5 Å². The quantitative estimate of drug-likeness (QED) is 0.851. The molecule has 3 heteroatoms. The van der Waals surface area contributed by atoms with Crippen LogP contribution in [0, 0.1) is 0 Å². The van der Waals surface area contributed by atoms with Crippen molar-refractivity contribution in [3.05, 3.63) is 35.4 Å². The van der Waals surface area contributed by atoms with E-state index in [4.69, 9.17) is 0 Å². The van der Waals surface area contributed by atoms with E-state index in [1.54, 1.807) is 0 Å². The Morgan fingerprint density at radius 2 is 1.83 bits per heavy atom. The van der Waals surface area contributed by atoms with Crippen molar-refractivity contribution in [2.24, 2.45) is 0 Å². The smallest absolute Gasteiger partial charge is 0.0234 e. The molecular weight excluding hydrogens is 222 g/mol. The molecule has 1 aliphatic rings. The first kappa shape index (κ1) is 13.5. The number of benzene rings is 1. The van der Waals surface area contributed by atoms with Gasteiger partial charge in [-0.1, -0.05) is 31.2 Å². The van der Waals surface area contributed by atoms with E-state index in [0.29, 0.717) is 0 Å². The molecule has 3 nitrogen and oxygen atoms in total. The third-order valence-electron chi connectivity index (χ3n) is 3.57. The summed E-state index contributed by atoms with van der Waals surface area (Å²) in [5.74, 6) is 0. The summed E-state index contributed by atoms with van der Waals surface area (Å²) in [6, 6.07) is 8.96. The van der Waals surface area contributed by atoms with E-state index in [-0.39, 0.29) is 0 Å². The van der Waals surface area contributed by atoms with Gasteiger partial charge in [-0.25, -0.2) is 0 Å². The molecule has 0 atom stereocenters. The number of rotatable bonds is 5. The van der Waals surface area contributed by atoms with Crippen LogP contribution in [0.3, 0.4) is 0 Å². The second-order valence-corrected chi connectivity index (χ2v) is 5.18. The van der Waals surface area contributed by atoms with Gasteiger partial charge in [0.25, 0.3) is 0 Å². The predicted molar refractivity (Wildman–Crippen MR) is 76.6 cm³/mol. The van der Waals surface area contributed by atoms with E-state index in [0.717, 1.165) is 19.6 Å². The number of nitrogens with zero attached hydrogens (tertiary/aromatic N) is 2. The summed E-state index contributed by atoms with van der Waals surface area (Å²) < 4.78 is 0. The molecular formula is C15H25N3. The molecule has 1 fully saturated rings. The first-order chi connectivity index (χ1) is 8.78. The minimum Gasteiger partial charge on any atom is -0.313 e. The Kier molecular flexibility index (Phi) is 5.17. The summed E-state index contributed by atoms with van der Waals surface area (Å²) in [4.78, 5) is 4.95. The highest BCUT2D eigenvalue weighted by atomic mass is 15.2. The zero-order chi connectivity index (χ0) is 12.8. The largest absolute Gasteiger partial charge is 0.313 e. The van der Waals surface area contributed by atoms with E-state index in [1.165, 1.54) is 37.3 Å². The lowest BCUT2D eigenvalue weighted by atomic mass is 10.1. The summed E-state index contributed by atoms with van der Waals surface area (Å²) in [5.41, 5.74) is 2.83. The van der Waals surface area contributed by atoms with Gasteiger partial charge < -0.3 is 10.2 Å². The molecule has 2 rings (SSSR count). The first-order valence-electron chi connectivity index (χ1n) is 6.97. The van der Waals surface area contributed by atoms with Gasteiger partial charge in [-0.05, 0) is 24.7 Å². The van der Waals surface area contributed by atoms with Crippen LogP contribution in [0.2, 0.25) is 0 Å². The van der Waals surface area contributed by atoms with Gasteiger partial charge in [-0.2, -0.15) is 0 Å². The van der Waals surface area contributed by atoms with Gasteiger partial charge >= 0.3 is 0 Å². The third-order valence-corrected chi connectivity index (χ3v) is 3.57. The summed E-state index contributed by atoms with van der Waals surface area (Å²) in [6.45, 7) is 10.0. The summed E-state index contributed by atoms with van der Waals surface area (Å²) in [7, 11) is 2.20. The number of hydrogen-bond acceptors (Lipinski definition) is 3. The van der Waals surface area contributed by atoms with Crippen molar-refractivity contribution in [2.75, 3.05) is 39.8 Å². The highest BCUT2D eigenvalue weighted by molar-refractivity contribution is 5.23. The van der Waals surface area contributed by atoms with Crippen molar-refractivity contribution in [1.29, 1.82) is 0 Å². The lowest BCUT2D eigenvalue weighted by molar-refractivity contribution is 0.148. The maximum atomic E-state index is 3.38. The number of nitrogens with one attached hydrogen (secondary N) is 1. The Bertz CT molecular complexity index is 357. The monoisotopic (exact) mass is 247 g/mol. The molecule has 0 bridgehead atoms. The van der Waals surface area contributed by atoms with Gasteiger partial charge in [0, 0.05) is 39.3 Å². The number of piperazine rings is 1. The van der Waals surface area contributed by atoms with Crippen molar-refractivity contribution in [2.45, 2.75) is 20.0 Å². The Morgan fingerprint density at radius 1 is 1.11 bits per heavy atom. The van der Waals surface area contributed by atoms with Gasteiger partial charge in [0.2, 0.25) is 0 Å². The maximum absolute atomic E-state index is 3.38. The van der Waals surface area contributed by atoms with Crippen LogP contribution in [0.1, 0.15) is 18.1 Å². The van der Waals surface area contributed by atoms with Crippen LogP contribution >= 0.6 is 0 Å². The standard InChI is InChI=1S/C15H25N3/c1-3-16-12-14-5-4-6-15(11-14)13-18-9-7-17(2)8-10-18/h4-6,11,16H,3,7-10,12-13H2,1-2H3. The van der Waals surface area contributed by atoms with Crippen LogP contribution in [0.25, 0.3) is 0 Å². The molecule has 18 heavy (non-hydrogen) atoms. The first-order valence-corrected chi connectivity index (χ1v) is 6.97. The normalized spacial score (nSPS) is 18.1. The van der Waals surface area contributed by atoms with E-state index in [9.17, 15) is 0 Å². The van der Waals surface area contributed by atoms with Crippen molar-refractivity contribution in [3.8, 4) is 0 Å². The average molecular weight is 247 g/mol. The van der Waals surface area contributed by atoms with Crippen LogP contribution in [0.4, 0.5) is 0 Å². The van der Waals surface area contributed by atoms with Gasteiger partial charge in [-0.15, -0.1) is 0 Å². The lowest BCUT2D eigenvalue weighted by Crippen LogP contribution is -2.43. The molecule has 1 saturated heterocycles. The van der Waals surface area contributed by atoms with Crippen LogP contribution in [0.15, 0.2) is 24.3 Å². The molecule has 0 unspecified atom stereocenters. The highest BCUT2D eigenvalue weighted by Gasteiger charge is 2.13. The van der Waals surface area contributed by atoms with Gasteiger partial charge in [0.15, 0.2) is 0 Å². The second-order valence-electron chi connectivity index (χ2n) is 5.18. The maximum Gasteiger partial charge on any atom is 0.0234 e. The molecule has 0 aromatic heterocycles. The summed E-state index contributed by atoms with van der Waals surface area (Å²) in [5, 5.41) is 3.38. The molecule has 0 aliphatic carbocycles. The SMILES string of the molecule is CCNCc1cccc(CN2CCN(C)CC2)c1. The molecule has 1 N–H and O–H groups in total. The Hall–Kier alpha value is -0.900. The fourth-order valence-corrected chi connectivity index (χ4v) is 2.37. The molecule has 1 aromatic rings. The molecule has 0 saturated carbocycles. The Morgan fingerprint density at radius 3 is 2.56 bits per heavy atom. The fourth-order valence-electron chi connectivity index (χ4n) is 2.37. The van der Waals surface area contributed by atoms with Gasteiger partial charge in [0.05, 0.1) is 0 Å². The van der Waals surface area contributed by atoms with E-state index in [1.807, 2.05) is 0 Å². The molecule has 1 aliphatic heterocycles. The van der Waals surface area contributed by atoms with Crippen LogP contribution < -0.4 is 5.32 Å². The van der Waals surface area contributed by atoms with Crippen molar-refractivity contribution in [1.82, 2.24) is 15.1 Å². The minimum atomic E-state index is 0.979. The minimum absolute atomic E-state index is 0.979. The van der Waals surface area contributed by atoms with Crippen LogP contribution in [-0.4, -0.2) is 49.6 Å². The van der Waals surface area contributed by atoms with Gasteiger partial charge in [-0.3, -0.25) is 4.90 Å². The van der Waals surface area contributed by atoms with E-state index < -0.39 is 0 Å². The van der Waals surface area contributed by atoms with Crippen molar-refractivity contribution in [3.63, 3.8) is 0 Å². The molecule has 1 heterocycles. The van der Waals surface area contributed by atoms with Crippen LogP contribution in [-0.2, 0) is 13.1 Å². The fraction of sp³-hybridized carbons (Fsp3) is 0.600.